The van der Waals surface area contributed by atoms with Crippen molar-refractivity contribution in [1.29, 1.82) is 0 Å². The van der Waals surface area contributed by atoms with Crippen LogP contribution in [0.4, 0.5) is 0 Å². The van der Waals surface area contributed by atoms with Gasteiger partial charge in [-0.25, -0.2) is 0 Å². The minimum Gasteiger partial charge on any atom is -0.408 e. The molecule has 3 nitrogen and oxygen atoms in total. The van der Waals surface area contributed by atoms with Gasteiger partial charge in [0.05, 0.1) is 0 Å². The van der Waals surface area contributed by atoms with Crippen LogP contribution in [0.5, 0.6) is 17.2 Å². The van der Waals surface area contributed by atoms with Crippen LogP contribution in [0.2, 0.25) is 0 Å². The quantitative estimate of drug-likeness (QED) is 0.138. The fourth-order valence-electron chi connectivity index (χ4n) is 6.58. The van der Waals surface area contributed by atoms with Crippen LogP contribution in [-0.2, 0) is 0 Å². The molecular weight excluding hydrogens is 583 g/mol. The second-order valence-electron chi connectivity index (χ2n) is 11.4. The van der Waals surface area contributed by atoms with Gasteiger partial charge in [-0.1, -0.05) is 146 Å². The van der Waals surface area contributed by atoms with Crippen molar-refractivity contribution in [2.24, 2.45) is 0 Å². The van der Waals surface area contributed by atoms with E-state index in [0.29, 0.717) is 0 Å². The molecule has 0 radical (unpaired) electrons. The molecule has 0 spiro atoms. The Morgan fingerprint density at radius 2 is 0.500 bits per heavy atom. The van der Waals surface area contributed by atoms with Crippen LogP contribution in [0.1, 0.15) is 0 Å². The summed E-state index contributed by atoms with van der Waals surface area (Å²) in [5, 5.41) is 13.2. The maximum absolute atomic E-state index is 6.89. The molecule has 0 unspecified atom stereocenters. The van der Waals surface area contributed by atoms with E-state index in [1.165, 1.54) is 16.2 Å². The van der Waals surface area contributed by atoms with Gasteiger partial charge in [-0.05, 0) is 66.7 Å². The monoisotopic (exact) mass is 610 g/mol. The third-order valence-corrected chi connectivity index (χ3v) is 9.75. The van der Waals surface area contributed by atoms with Gasteiger partial charge >= 0.3 is 8.60 Å². The summed E-state index contributed by atoms with van der Waals surface area (Å²) in [5.41, 5.74) is 0. The SMILES string of the molecule is c1ccc2c(c1)cc(OP(Oc1cc3ccccc3c3ccccc13)Oc1cc3ccccc3c3ccccc13)c1ccccc12. The van der Waals surface area contributed by atoms with Gasteiger partial charge in [0.15, 0.2) is 0 Å². The first-order valence-corrected chi connectivity index (χ1v) is 16.5. The molecule has 0 heterocycles. The predicted octanol–water partition coefficient (Wildman–Crippen LogP) is 12.4. The summed E-state index contributed by atoms with van der Waals surface area (Å²) in [6.07, 6.45) is 0. The first-order valence-electron chi connectivity index (χ1n) is 15.4. The molecule has 0 atom stereocenters. The van der Waals surface area contributed by atoms with Gasteiger partial charge in [0, 0.05) is 16.2 Å². The molecule has 0 N–H and O–H groups in total. The lowest BCUT2D eigenvalue weighted by atomic mass is 10.0. The summed E-state index contributed by atoms with van der Waals surface area (Å²) in [5.74, 6) is 2.15. The first kappa shape index (κ1) is 26.7. The number of hydrogen-bond donors (Lipinski definition) is 0. The Bertz CT molecular complexity index is 2310. The van der Waals surface area contributed by atoms with E-state index in [2.05, 4.69) is 146 Å². The predicted molar refractivity (Wildman–Crippen MR) is 193 cm³/mol. The van der Waals surface area contributed by atoms with Crippen LogP contribution in [0.3, 0.4) is 0 Å². The highest BCUT2D eigenvalue weighted by Crippen LogP contribution is 2.49. The van der Waals surface area contributed by atoms with Gasteiger partial charge in [0.1, 0.15) is 17.2 Å². The highest BCUT2D eigenvalue weighted by molar-refractivity contribution is 7.43. The highest BCUT2D eigenvalue weighted by atomic mass is 31.2. The topological polar surface area (TPSA) is 27.7 Å². The van der Waals surface area contributed by atoms with E-state index < -0.39 is 8.60 Å². The van der Waals surface area contributed by atoms with Crippen molar-refractivity contribution >= 4 is 73.2 Å². The van der Waals surface area contributed by atoms with E-state index in [-0.39, 0.29) is 0 Å². The highest BCUT2D eigenvalue weighted by Gasteiger charge is 2.25. The van der Waals surface area contributed by atoms with E-state index in [1.807, 2.05) is 18.2 Å². The Hall–Kier alpha value is -5.63. The van der Waals surface area contributed by atoms with Gasteiger partial charge in [0.2, 0.25) is 0 Å². The molecule has 0 amide bonds. The fourth-order valence-corrected chi connectivity index (χ4v) is 7.63. The Labute approximate surface area is 267 Å². The first-order chi connectivity index (χ1) is 22.8. The van der Waals surface area contributed by atoms with Crippen LogP contribution in [0, 0.1) is 0 Å². The minimum absolute atomic E-state index is 0.718. The van der Waals surface area contributed by atoms with Gasteiger partial charge in [0.25, 0.3) is 0 Å². The van der Waals surface area contributed by atoms with Gasteiger partial charge in [-0.3, -0.25) is 0 Å². The van der Waals surface area contributed by atoms with Crippen LogP contribution in [0.15, 0.2) is 164 Å². The Kier molecular flexibility index (Phi) is 6.43. The molecule has 9 aromatic rings. The zero-order valence-electron chi connectivity index (χ0n) is 24.8. The third kappa shape index (κ3) is 4.56. The number of fused-ring (bicyclic) bond motifs is 9. The second-order valence-corrected chi connectivity index (χ2v) is 12.4. The summed E-state index contributed by atoms with van der Waals surface area (Å²) >= 11 is 0. The number of benzene rings is 9. The Morgan fingerprint density at radius 3 is 0.804 bits per heavy atom. The van der Waals surface area contributed by atoms with E-state index in [1.54, 1.807) is 0 Å². The maximum atomic E-state index is 6.89. The van der Waals surface area contributed by atoms with E-state index in [0.717, 1.165) is 65.7 Å². The molecule has 0 saturated carbocycles. The molecule has 0 bridgehead atoms. The lowest BCUT2D eigenvalue weighted by Crippen LogP contribution is -2.04. The van der Waals surface area contributed by atoms with E-state index in [9.17, 15) is 0 Å². The van der Waals surface area contributed by atoms with Crippen LogP contribution in [0.25, 0.3) is 64.6 Å². The molecule has 0 aliphatic rings. The molecular formula is C42H27O3P. The molecule has 0 aliphatic heterocycles. The molecule has 0 saturated heterocycles. The molecule has 9 aromatic carbocycles. The molecule has 0 fully saturated rings. The van der Waals surface area contributed by atoms with Crippen molar-refractivity contribution in [3.8, 4) is 17.2 Å². The summed E-state index contributed by atoms with van der Waals surface area (Å²) in [4.78, 5) is 0. The van der Waals surface area contributed by atoms with Crippen molar-refractivity contribution in [2.45, 2.75) is 0 Å². The molecule has 218 valence electrons. The van der Waals surface area contributed by atoms with Gasteiger partial charge in [-0.15, -0.1) is 0 Å². The standard InChI is InChI=1S/C42H27O3P/c1-4-16-31-28(13-1)25-40(37-22-10-7-19-34(31)37)43-46(44-41-26-29-14-2-5-17-32(29)35-20-8-11-23-38(35)41)45-42-27-30-15-3-6-18-33(30)36-21-9-12-24-39(36)42/h1-27H. The zero-order chi connectivity index (χ0) is 30.5. The third-order valence-electron chi connectivity index (χ3n) is 8.71. The summed E-state index contributed by atoms with van der Waals surface area (Å²) in [6, 6.07) is 56.5. The van der Waals surface area contributed by atoms with Crippen molar-refractivity contribution in [3.63, 3.8) is 0 Å². The summed E-state index contributed by atoms with van der Waals surface area (Å²) < 4.78 is 20.7. The largest absolute Gasteiger partial charge is 0.530 e. The summed E-state index contributed by atoms with van der Waals surface area (Å²) in [6.45, 7) is 0. The second kappa shape index (κ2) is 11.1. The van der Waals surface area contributed by atoms with Crippen LogP contribution in [-0.4, -0.2) is 0 Å². The normalized spacial score (nSPS) is 11.7. The molecule has 0 aromatic heterocycles. The van der Waals surface area contributed by atoms with Gasteiger partial charge in [-0.2, -0.15) is 0 Å². The maximum Gasteiger partial charge on any atom is 0.530 e. The molecule has 4 heteroatoms. The zero-order valence-corrected chi connectivity index (χ0v) is 25.7. The van der Waals surface area contributed by atoms with Crippen molar-refractivity contribution < 1.29 is 13.6 Å². The fraction of sp³-hybridized carbons (Fsp3) is 0. The lowest BCUT2D eigenvalue weighted by molar-refractivity contribution is 0.394. The Morgan fingerprint density at radius 1 is 0.261 bits per heavy atom. The Balaban J connectivity index is 1.23. The smallest absolute Gasteiger partial charge is 0.408 e. The van der Waals surface area contributed by atoms with E-state index >= 15 is 0 Å². The van der Waals surface area contributed by atoms with Crippen molar-refractivity contribution in [2.75, 3.05) is 0 Å². The molecule has 0 aliphatic carbocycles. The van der Waals surface area contributed by atoms with Crippen molar-refractivity contribution in [1.82, 2.24) is 0 Å². The van der Waals surface area contributed by atoms with Crippen LogP contribution >= 0.6 is 8.60 Å². The molecule has 9 rings (SSSR count). The number of rotatable bonds is 6. The minimum atomic E-state index is -1.98. The van der Waals surface area contributed by atoms with Crippen LogP contribution < -0.4 is 13.6 Å². The van der Waals surface area contributed by atoms with E-state index in [4.69, 9.17) is 13.6 Å². The average Bonchev–Trinajstić information content (AvgIpc) is 3.12. The summed E-state index contributed by atoms with van der Waals surface area (Å²) in [7, 11) is -1.98. The van der Waals surface area contributed by atoms with Gasteiger partial charge < -0.3 is 13.6 Å². The van der Waals surface area contributed by atoms with Crippen molar-refractivity contribution in [3.05, 3.63) is 164 Å². The lowest BCUT2D eigenvalue weighted by Gasteiger charge is -2.22. The number of hydrogen-bond acceptors (Lipinski definition) is 3. The molecule has 46 heavy (non-hydrogen) atoms. The average molecular weight is 611 g/mol.